The van der Waals surface area contributed by atoms with Gasteiger partial charge in [-0.25, -0.2) is 4.79 Å². The van der Waals surface area contributed by atoms with Gasteiger partial charge < -0.3 is 29.9 Å². The van der Waals surface area contributed by atoms with Gasteiger partial charge in [-0.1, -0.05) is 0 Å². The molecule has 2 rings (SSSR count). The molecule has 0 unspecified atom stereocenters. The minimum absolute atomic E-state index is 0.299. The molecule has 0 bridgehead atoms. The summed E-state index contributed by atoms with van der Waals surface area (Å²) in [5, 5.41) is 37.1. The Balaban J connectivity index is 2.27. The van der Waals surface area contributed by atoms with E-state index in [1.54, 1.807) is 0 Å². The molecule has 1 aliphatic heterocycles. The number of hydrogen-bond acceptors (Lipinski definition) is 8. The molecule has 0 aliphatic carbocycles. The third kappa shape index (κ3) is 3.59. The van der Waals surface area contributed by atoms with E-state index in [1.807, 2.05) is 4.98 Å². The molecule has 23 heavy (non-hydrogen) atoms. The standard InChI is InChI=1S/C12H16N2O9/c15-4-6-8(18)9(19)11(23-6)14-3-5(10(20)13-12(14)21)22-2-1-7(16)17/h3,6,8-9,11,15,18-19H,1-2,4H2,(H,16,17)(H,13,20,21)/t6-,8-,9-,11-/m1/s1. The first kappa shape index (κ1) is 17.1. The predicted octanol–water partition coefficient (Wildman–Crippen LogP) is -3.00. The molecule has 128 valence electrons. The van der Waals surface area contributed by atoms with Crippen LogP contribution in [0.4, 0.5) is 0 Å². The van der Waals surface area contributed by atoms with Crippen molar-refractivity contribution >= 4 is 5.97 Å². The summed E-state index contributed by atoms with van der Waals surface area (Å²) in [5.74, 6) is -1.47. The van der Waals surface area contributed by atoms with Gasteiger partial charge in [-0.15, -0.1) is 0 Å². The number of aliphatic hydroxyl groups is 3. The van der Waals surface area contributed by atoms with Gasteiger partial charge in [-0.2, -0.15) is 0 Å². The average Bonchev–Trinajstić information content (AvgIpc) is 2.77. The topological polar surface area (TPSA) is 171 Å². The number of aromatic nitrogens is 2. The normalized spacial score (nSPS) is 27.1. The highest BCUT2D eigenvalue weighted by Gasteiger charge is 2.43. The van der Waals surface area contributed by atoms with Crippen molar-refractivity contribution in [1.82, 2.24) is 9.55 Å². The molecule has 11 nitrogen and oxygen atoms in total. The van der Waals surface area contributed by atoms with Gasteiger partial charge in [0.05, 0.1) is 25.8 Å². The number of aliphatic hydroxyl groups excluding tert-OH is 3. The summed E-state index contributed by atoms with van der Waals surface area (Å²) in [7, 11) is 0. The van der Waals surface area contributed by atoms with Crippen molar-refractivity contribution in [1.29, 1.82) is 0 Å². The van der Waals surface area contributed by atoms with Gasteiger partial charge >= 0.3 is 11.7 Å². The molecular weight excluding hydrogens is 316 g/mol. The first-order valence-corrected chi connectivity index (χ1v) is 6.67. The summed E-state index contributed by atoms with van der Waals surface area (Å²) in [4.78, 5) is 35.8. The van der Waals surface area contributed by atoms with Crippen LogP contribution in [0.15, 0.2) is 15.8 Å². The molecule has 1 aliphatic rings. The lowest BCUT2D eigenvalue weighted by molar-refractivity contribution is -0.137. The zero-order valence-electron chi connectivity index (χ0n) is 11.8. The molecule has 0 radical (unpaired) electrons. The van der Waals surface area contributed by atoms with Crippen molar-refractivity contribution in [2.24, 2.45) is 0 Å². The minimum Gasteiger partial charge on any atom is -0.486 e. The van der Waals surface area contributed by atoms with Crippen LogP contribution in [0, 0.1) is 0 Å². The van der Waals surface area contributed by atoms with Gasteiger partial charge in [0.25, 0.3) is 5.56 Å². The maximum absolute atomic E-state index is 11.8. The summed E-state index contributed by atoms with van der Waals surface area (Å²) in [5.41, 5.74) is -1.79. The largest absolute Gasteiger partial charge is 0.486 e. The van der Waals surface area contributed by atoms with E-state index in [2.05, 4.69) is 0 Å². The van der Waals surface area contributed by atoms with E-state index in [1.165, 1.54) is 0 Å². The molecule has 5 N–H and O–H groups in total. The summed E-state index contributed by atoms with van der Waals surface area (Å²) < 4.78 is 11.0. The van der Waals surface area contributed by atoms with Crippen LogP contribution < -0.4 is 16.0 Å². The molecule has 1 aromatic heterocycles. The molecule has 4 atom stereocenters. The highest BCUT2D eigenvalue weighted by atomic mass is 16.6. The number of ether oxygens (including phenoxy) is 2. The van der Waals surface area contributed by atoms with Gasteiger partial charge in [0, 0.05) is 0 Å². The second-order valence-corrected chi connectivity index (χ2v) is 4.88. The number of carbonyl (C=O) groups is 1. The molecule has 0 saturated carbocycles. The van der Waals surface area contributed by atoms with Crippen LogP contribution in [0.1, 0.15) is 12.6 Å². The van der Waals surface area contributed by atoms with E-state index in [4.69, 9.17) is 19.7 Å². The third-order valence-electron chi connectivity index (χ3n) is 3.30. The Kier molecular flexibility index (Phi) is 5.15. The highest BCUT2D eigenvalue weighted by molar-refractivity contribution is 5.66. The van der Waals surface area contributed by atoms with E-state index in [0.717, 1.165) is 10.8 Å². The maximum atomic E-state index is 11.8. The number of nitrogens with one attached hydrogen (secondary N) is 1. The molecule has 0 spiro atoms. The number of H-pyrrole nitrogens is 1. The number of carboxylic acid groups (broad SMARTS) is 1. The molecular formula is C12H16N2O9. The average molecular weight is 332 g/mol. The van der Waals surface area contributed by atoms with Gasteiger partial charge in [0.2, 0.25) is 5.75 Å². The summed E-state index contributed by atoms with van der Waals surface area (Å²) in [6.45, 7) is -0.874. The van der Waals surface area contributed by atoms with Crippen LogP contribution in [-0.2, 0) is 9.53 Å². The van der Waals surface area contributed by atoms with Crippen molar-refractivity contribution in [3.05, 3.63) is 27.0 Å². The van der Waals surface area contributed by atoms with Crippen molar-refractivity contribution < 1.29 is 34.7 Å². The molecule has 1 fully saturated rings. The Labute approximate surface area is 128 Å². The number of nitrogens with zero attached hydrogens (tertiary/aromatic N) is 1. The Hall–Kier alpha value is -2.21. The fourth-order valence-electron chi connectivity index (χ4n) is 2.12. The smallest absolute Gasteiger partial charge is 0.330 e. The van der Waals surface area contributed by atoms with E-state index < -0.39 is 48.4 Å². The van der Waals surface area contributed by atoms with Gasteiger partial charge in [0.15, 0.2) is 6.23 Å². The molecule has 0 amide bonds. The van der Waals surface area contributed by atoms with E-state index in [0.29, 0.717) is 0 Å². The fourth-order valence-corrected chi connectivity index (χ4v) is 2.12. The lowest BCUT2D eigenvalue weighted by Crippen LogP contribution is -2.38. The fraction of sp³-hybridized carbons (Fsp3) is 0.583. The van der Waals surface area contributed by atoms with Crippen molar-refractivity contribution in [2.45, 2.75) is 31.0 Å². The minimum atomic E-state index is -1.51. The lowest BCUT2D eigenvalue weighted by atomic mass is 10.1. The number of aliphatic carboxylic acids is 1. The van der Waals surface area contributed by atoms with Crippen molar-refractivity contribution in [3.8, 4) is 5.75 Å². The third-order valence-corrected chi connectivity index (χ3v) is 3.30. The monoisotopic (exact) mass is 332 g/mol. The maximum Gasteiger partial charge on any atom is 0.330 e. The van der Waals surface area contributed by atoms with E-state index in [9.17, 15) is 24.6 Å². The summed E-state index contributed by atoms with van der Waals surface area (Å²) >= 11 is 0. The summed E-state index contributed by atoms with van der Waals surface area (Å²) in [6.07, 6.45) is -4.77. The number of carboxylic acids is 1. The molecule has 1 aromatic rings. The summed E-state index contributed by atoms with van der Waals surface area (Å²) in [6, 6.07) is 0. The Morgan fingerprint density at radius 3 is 2.61 bits per heavy atom. The first-order chi connectivity index (χ1) is 10.8. The zero-order chi connectivity index (χ0) is 17.1. The van der Waals surface area contributed by atoms with Crippen molar-refractivity contribution in [2.75, 3.05) is 13.2 Å². The first-order valence-electron chi connectivity index (χ1n) is 6.67. The second-order valence-electron chi connectivity index (χ2n) is 4.88. The quantitative estimate of drug-likeness (QED) is 0.364. The number of rotatable bonds is 6. The van der Waals surface area contributed by atoms with E-state index >= 15 is 0 Å². The van der Waals surface area contributed by atoms with Crippen LogP contribution >= 0.6 is 0 Å². The van der Waals surface area contributed by atoms with Crippen LogP contribution in [0.2, 0.25) is 0 Å². The molecule has 1 saturated heterocycles. The van der Waals surface area contributed by atoms with E-state index in [-0.39, 0.29) is 18.8 Å². The number of hydrogen-bond donors (Lipinski definition) is 5. The molecule has 11 heteroatoms. The van der Waals surface area contributed by atoms with Gasteiger partial charge in [-0.05, 0) is 0 Å². The second kappa shape index (κ2) is 6.91. The lowest BCUT2D eigenvalue weighted by Gasteiger charge is -2.17. The van der Waals surface area contributed by atoms with Gasteiger partial charge in [-0.3, -0.25) is 19.1 Å². The Morgan fingerprint density at radius 2 is 2.04 bits per heavy atom. The highest BCUT2D eigenvalue weighted by Crippen LogP contribution is 2.28. The van der Waals surface area contributed by atoms with Gasteiger partial charge in [0.1, 0.15) is 18.3 Å². The van der Waals surface area contributed by atoms with Crippen LogP contribution in [0.25, 0.3) is 0 Å². The molecule has 2 heterocycles. The van der Waals surface area contributed by atoms with Crippen LogP contribution in [0.5, 0.6) is 5.75 Å². The van der Waals surface area contributed by atoms with Crippen molar-refractivity contribution in [3.63, 3.8) is 0 Å². The SMILES string of the molecule is O=C(O)CCOc1cn([C@@H]2O[C@H](CO)[C@@H](O)[C@H]2O)c(=O)[nH]c1=O. The Morgan fingerprint density at radius 1 is 1.35 bits per heavy atom. The Bertz CT molecular complexity index is 682. The predicted molar refractivity (Wildman–Crippen MR) is 72.1 cm³/mol. The zero-order valence-corrected chi connectivity index (χ0v) is 11.8. The van der Waals surface area contributed by atoms with Crippen LogP contribution in [0.3, 0.4) is 0 Å². The molecule has 0 aromatic carbocycles. The van der Waals surface area contributed by atoms with Crippen LogP contribution in [-0.4, -0.2) is 67.5 Å². The number of aromatic amines is 1.